The van der Waals surface area contributed by atoms with Gasteiger partial charge < -0.3 is 5.32 Å². The van der Waals surface area contributed by atoms with Crippen LogP contribution in [0.25, 0.3) is 11.3 Å². The number of ketones is 1. The first-order valence-corrected chi connectivity index (χ1v) is 9.08. The summed E-state index contributed by atoms with van der Waals surface area (Å²) in [7, 11) is 0. The van der Waals surface area contributed by atoms with Gasteiger partial charge in [0.25, 0.3) is 0 Å². The van der Waals surface area contributed by atoms with Crippen molar-refractivity contribution >= 4 is 39.8 Å². The second kappa shape index (κ2) is 8.21. The van der Waals surface area contributed by atoms with E-state index in [1.54, 1.807) is 11.4 Å². The molecule has 1 N–H and O–H groups in total. The summed E-state index contributed by atoms with van der Waals surface area (Å²) in [4.78, 5) is 28.4. The molecule has 0 aliphatic carbocycles. The lowest BCUT2D eigenvalue weighted by atomic mass is 10.1. The molecular weight excluding hydrogens is 375 g/mol. The van der Waals surface area contributed by atoms with Crippen LogP contribution in [0.2, 0.25) is 5.02 Å². The minimum Gasteiger partial charge on any atom is -0.302 e. The number of benzene rings is 2. The minimum atomic E-state index is -0.405. The van der Waals surface area contributed by atoms with Crippen LogP contribution in [0.15, 0.2) is 53.9 Å². The molecule has 0 bridgehead atoms. The molecular formula is C19H14ClFN2O2S. The molecule has 3 aromatic rings. The predicted octanol–water partition coefficient (Wildman–Crippen LogP) is 5.20. The number of halogens is 2. The first-order chi connectivity index (χ1) is 12.5. The number of carbonyl (C=O) groups excluding carboxylic acids is 2. The summed E-state index contributed by atoms with van der Waals surface area (Å²) in [6, 6.07) is 12.6. The summed E-state index contributed by atoms with van der Waals surface area (Å²) in [6.45, 7) is 0. The van der Waals surface area contributed by atoms with Gasteiger partial charge in [0, 0.05) is 34.4 Å². The maximum absolute atomic E-state index is 12.9. The number of aromatic nitrogens is 1. The van der Waals surface area contributed by atoms with Gasteiger partial charge in [-0.2, -0.15) is 0 Å². The molecule has 1 aromatic heterocycles. The van der Waals surface area contributed by atoms with Crippen LogP contribution in [-0.2, 0) is 4.79 Å². The van der Waals surface area contributed by atoms with Gasteiger partial charge in [0.2, 0.25) is 5.91 Å². The quantitative estimate of drug-likeness (QED) is 0.590. The van der Waals surface area contributed by atoms with E-state index in [1.165, 1.54) is 35.6 Å². The monoisotopic (exact) mass is 388 g/mol. The van der Waals surface area contributed by atoms with E-state index in [0.717, 1.165) is 5.56 Å². The van der Waals surface area contributed by atoms with Crippen molar-refractivity contribution in [3.05, 3.63) is 70.3 Å². The fraction of sp³-hybridized carbons (Fsp3) is 0.105. The molecule has 0 aliphatic heterocycles. The van der Waals surface area contributed by atoms with Gasteiger partial charge in [-0.15, -0.1) is 11.3 Å². The molecule has 1 amide bonds. The normalized spacial score (nSPS) is 10.5. The summed E-state index contributed by atoms with van der Waals surface area (Å²) in [5, 5.41) is 5.51. The van der Waals surface area contributed by atoms with E-state index < -0.39 is 5.82 Å². The Morgan fingerprint density at radius 2 is 1.81 bits per heavy atom. The third kappa shape index (κ3) is 4.53. The highest BCUT2D eigenvalue weighted by Crippen LogP contribution is 2.30. The number of anilines is 1. The van der Waals surface area contributed by atoms with Crippen molar-refractivity contribution in [2.24, 2.45) is 0 Å². The molecule has 0 radical (unpaired) electrons. The van der Waals surface area contributed by atoms with Gasteiger partial charge in [0.1, 0.15) is 5.82 Å². The van der Waals surface area contributed by atoms with Crippen LogP contribution < -0.4 is 5.32 Å². The van der Waals surface area contributed by atoms with Crippen molar-refractivity contribution in [3.8, 4) is 11.3 Å². The van der Waals surface area contributed by atoms with Gasteiger partial charge in [-0.05, 0) is 30.3 Å². The molecule has 0 fully saturated rings. The standard InChI is InChI=1S/C19H14ClFN2O2S/c20-15-4-2-1-3-14(15)16-11-26-19(22-16)23-18(25)10-9-17(24)12-5-7-13(21)8-6-12/h1-8,11H,9-10H2,(H,22,23,25). The van der Waals surface area contributed by atoms with Gasteiger partial charge in [-0.3, -0.25) is 9.59 Å². The zero-order chi connectivity index (χ0) is 18.5. The second-order valence-corrected chi connectivity index (χ2v) is 6.76. The van der Waals surface area contributed by atoms with Crippen molar-refractivity contribution in [2.45, 2.75) is 12.8 Å². The average molecular weight is 389 g/mol. The van der Waals surface area contributed by atoms with Crippen LogP contribution in [0.4, 0.5) is 9.52 Å². The van der Waals surface area contributed by atoms with E-state index >= 15 is 0 Å². The number of carbonyl (C=O) groups is 2. The lowest BCUT2D eigenvalue weighted by Gasteiger charge is -2.02. The van der Waals surface area contributed by atoms with Crippen molar-refractivity contribution in [3.63, 3.8) is 0 Å². The first kappa shape index (κ1) is 18.2. The second-order valence-electron chi connectivity index (χ2n) is 5.50. The Hall–Kier alpha value is -2.57. The summed E-state index contributed by atoms with van der Waals surface area (Å²) in [5.74, 6) is -0.922. The van der Waals surface area contributed by atoms with E-state index in [4.69, 9.17) is 11.6 Å². The number of hydrogen-bond acceptors (Lipinski definition) is 4. The Morgan fingerprint density at radius 3 is 2.54 bits per heavy atom. The van der Waals surface area contributed by atoms with Crippen LogP contribution >= 0.6 is 22.9 Å². The van der Waals surface area contributed by atoms with Crippen LogP contribution in [0.5, 0.6) is 0 Å². The first-order valence-electron chi connectivity index (χ1n) is 7.82. The third-order valence-corrected chi connectivity index (χ3v) is 4.73. The van der Waals surface area contributed by atoms with E-state index in [0.29, 0.717) is 21.4 Å². The maximum atomic E-state index is 12.9. The SMILES string of the molecule is O=C(CCC(=O)c1ccc(F)cc1)Nc1nc(-c2ccccc2Cl)cs1. The molecule has 0 saturated heterocycles. The van der Waals surface area contributed by atoms with Crippen LogP contribution in [0.3, 0.4) is 0 Å². The summed E-state index contributed by atoms with van der Waals surface area (Å²) < 4.78 is 12.9. The lowest BCUT2D eigenvalue weighted by Crippen LogP contribution is -2.13. The van der Waals surface area contributed by atoms with Crippen LogP contribution in [0.1, 0.15) is 23.2 Å². The fourth-order valence-corrected chi connectivity index (χ4v) is 3.27. The number of nitrogens with one attached hydrogen (secondary N) is 1. The zero-order valence-corrected chi connectivity index (χ0v) is 15.1. The fourth-order valence-electron chi connectivity index (χ4n) is 2.31. The Kier molecular flexibility index (Phi) is 5.75. The Balaban J connectivity index is 1.56. The van der Waals surface area contributed by atoms with Gasteiger partial charge in [-0.1, -0.05) is 29.8 Å². The largest absolute Gasteiger partial charge is 0.302 e. The van der Waals surface area contributed by atoms with Crippen molar-refractivity contribution in [2.75, 3.05) is 5.32 Å². The highest BCUT2D eigenvalue weighted by molar-refractivity contribution is 7.14. The molecule has 26 heavy (non-hydrogen) atoms. The third-order valence-electron chi connectivity index (χ3n) is 3.65. The molecule has 0 unspecified atom stereocenters. The zero-order valence-electron chi connectivity index (χ0n) is 13.5. The van der Waals surface area contributed by atoms with Crippen molar-refractivity contribution in [1.29, 1.82) is 0 Å². The molecule has 132 valence electrons. The topological polar surface area (TPSA) is 59.1 Å². The average Bonchev–Trinajstić information content (AvgIpc) is 3.09. The molecule has 0 spiro atoms. The number of Topliss-reactive ketones (excluding diaryl/α,β-unsaturated/α-hetero) is 1. The molecule has 0 atom stereocenters. The number of thiazole rings is 1. The van der Waals surface area contributed by atoms with E-state index in [1.807, 2.05) is 18.2 Å². The maximum Gasteiger partial charge on any atom is 0.226 e. The molecule has 3 rings (SSSR count). The highest BCUT2D eigenvalue weighted by Gasteiger charge is 2.12. The Labute approximate surface area is 158 Å². The lowest BCUT2D eigenvalue weighted by molar-refractivity contribution is -0.116. The molecule has 1 heterocycles. The smallest absolute Gasteiger partial charge is 0.226 e. The summed E-state index contributed by atoms with van der Waals surface area (Å²) >= 11 is 7.43. The van der Waals surface area contributed by atoms with Crippen LogP contribution in [-0.4, -0.2) is 16.7 Å². The number of rotatable bonds is 6. The number of hydrogen-bond donors (Lipinski definition) is 1. The Bertz CT molecular complexity index is 941. The van der Waals surface area contributed by atoms with Gasteiger partial charge >= 0.3 is 0 Å². The molecule has 7 heteroatoms. The van der Waals surface area contributed by atoms with Gasteiger partial charge in [-0.25, -0.2) is 9.37 Å². The number of nitrogens with zero attached hydrogens (tertiary/aromatic N) is 1. The minimum absolute atomic E-state index is 0.0250. The van der Waals surface area contributed by atoms with Crippen LogP contribution in [0, 0.1) is 5.82 Å². The summed E-state index contributed by atoms with van der Waals surface area (Å²) in [5.41, 5.74) is 1.85. The molecule has 4 nitrogen and oxygen atoms in total. The summed E-state index contributed by atoms with van der Waals surface area (Å²) in [6.07, 6.45) is 0.0669. The van der Waals surface area contributed by atoms with E-state index in [-0.39, 0.29) is 24.5 Å². The molecule has 2 aromatic carbocycles. The molecule has 0 saturated carbocycles. The van der Waals surface area contributed by atoms with E-state index in [2.05, 4.69) is 10.3 Å². The van der Waals surface area contributed by atoms with Gasteiger partial charge in [0.05, 0.1) is 5.69 Å². The van der Waals surface area contributed by atoms with E-state index in [9.17, 15) is 14.0 Å². The van der Waals surface area contributed by atoms with Crippen molar-refractivity contribution < 1.29 is 14.0 Å². The van der Waals surface area contributed by atoms with Crippen molar-refractivity contribution in [1.82, 2.24) is 4.98 Å². The van der Waals surface area contributed by atoms with Gasteiger partial charge in [0.15, 0.2) is 10.9 Å². The number of amides is 1. The Morgan fingerprint density at radius 1 is 1.08 bits per heavy atom. The predicted molar refractivity (Wildman–Crippen MR) is 101 cm³/mol. The molecule has 0 aliphatic rings. The highest BCUT2D eigenvalue weighted by atomic mass is 35.5.